The van der Waals surface area contributed by atoms with Gasteiger partial charge in [-0.05, 0) is 48.9 Å². The number of ether oxygens (including phenoxy) is 1. The van der Waals surface area contributed by atoms with Crippen LogP contribution in [0.2, 0.25) is 0 Å². The first kappa shape index (κ1) is 19.4. The van der Waals surface area contributed by atoms with Gasteiger partial charge in [0.05, 0.1) is 12.2 Å². The molecule has 3 aromatic rings. The Kier molecular flexibility index (Phi) is 5.04. The van der Waals surface area contributed by atoms with Crippen LogP contribution in [0.1, 0.15) is 22.3 Å². The lowest BCUT2D eigenvalue weighted by atomic mass is 10.1. The molecular formula is C21H19F3N2O3. The Balaban J connectivity index is 1.56. The highest BCUT2D eigenvalue weighted by Crippen LogP contribution is 2.32. The van der Waals surface area contributed by atoms with Crippen molar-refractivity contribution < 1.29 is 27.1 Å². The zero-order valence-corrected chi connectivity index (χ0v) is 15.7. The Hall–Kier alpha value is -2.87. The Bertz CT molecular complexity index is 1030. The summed E-state index contributed by atoms with van der Waals surface area (Å²) in [6.07, 6.45) is -3.49. The smallest absolute Gasteiger partial charge is 0.416 e. The lowest BCUT2D eigenvalue weighted by Gasteiger charge is -2.16. The van der Waals surface area contributed by atoms with E-state index in [4.69, 9.17) is 9.15 Å². The van der Waals surface area contributed by atoms with Crippen LogP contribution in [-0.4, -0.2) is 42.6 Å². The maximum Gasteiger partial charge on any atom is 0.416 e. The quantitative estimate of drug-likeness (QED) is 0.637. The zero-order valence-electron chi connectivity index (χ0n) is 15.7. The number of carbonyl (C=O) groups excluding carboxylic acids is 1. The second-order valence-corrected chi connectivity index (χ2v) is 7.14. The molecule has 0 N–H and O–H groups in total. The molecule has 152 valence electrons. The standard InChI is InChI=1S/C21H19F3N2O3/c1-28-12-13-8-9-26(11-13)20(27)15-4-7-18-17(10-15)25-19(29-18)14-2-5-16(6-3-14)21(22,23)24/h2-7,10,13H,8-9,11-12H2,1H3. The predicted molar refractivity (Wildman–Crippen MR) is 100 cm³/mol. The summed E-state index contributed by atoms with van der Waals surface area (Å²) in [4.78, 5) is 18.9. The molecule has 0 bridgehead atoms. The Morgan fingerprint density at radius 2 is 2.00 bits per heavy atom. The highest BCUT2D eigenvalue weighted by molar-refractivity contribution is 5.97. The molecule has 1 aliphatic rings. The van der Waals surface area contributed by atoms with Crippen molar-refractivity contribution in [2.75, 3.05) is 26.8 Å². The normalized spacial score (nSPS) is 17.2. The summed E-state index contributed by atoms with van der Waals surface area (Å²) >= 11 is 0. The summed E-state index contributed by atoms with van der Waals surface area (Å²) in [7, 11) is 1.65. The number of fused-ring (bicyclic) bond motifs is 1. The first-order valence-corrected chi connectivity index (χ1v) is 9.21. The Labute approximate surface area is 165 Å². The second kappa shape index (κ2) is 7.51. The van der Waals surface area contributed by atoms with E-state index in [9.17, 15) is 18.0 Å². The van der Waals surface area contributed by atoms with E-state index in [-0.39, 0.29) is 11.8 Å². The van der Waals surface area contributed by atoms with Gasteiger partial charge in [0.25, 0.3) is 5.91 Å². The first-order chi connectivity index (χ1) is 13.8. The van der Waals surface area contributed by atoms with Crippen molar-refractivity contribution in [3.63, 3.8) is 0 Å². The van der Waals surface area contributed by atoms with Crippen molar-refractivity contribution in [3.8, 4) is 11.5 Å². The van der Waals surface area contributed by atoms with Crippen LogP contribution in [0.25, 0.3) is 22.6 Å². The van der Waals surface area contributed by atoms with E-state index in [0.29, 0.717) is 47.8 Å². The molecule has 1 fully saturated rings. The van der Waals surface area contributed by atoms with E-state index in [2.05, 4.69) is 4.98 Å². The number of methoxy groups -OCH3 is 1. The van der Waals surface area contributed by atoms with Crippen LogP contribution in [0.3, 0.4) is 0 Å². The average Bonchev–Trinajstić information content (AvgIpc) is 3.33. The minimum atomic E-state index is -4.40. The number of hydrogen-bond acceptors (Lipinski definition) is 4. The molecule has 0 spiro atoms. The number of rotatable bonds is 4. The van der Waals surface area contributed by atoms with Crippen LogP contribution in [0, 0.1) is 5.92 Å². The predicted octanol–water partition coefficient (Wildman–Crippen LogP) is 4.62. The van der Waals surface area contributed by atoms with Crippen molar-refractivity contribution >= 4 is 17.0 Å². The minimum Gasteiger partial charge on any atom is -0.436 e. The first-order valence-electron chi connectivity index (χ1n) is 9.21. The molecular weight excluding hydrogens is 385 g/mol. The van der Waals surface area contributed by atoms with Gasteiger partial charge >= 0.3 is 6.18 Å². The van der Waals surface area contributed by atoms with Gasteiger partial charge in [0.15, 0.2) is 5.58 Å². The van der Waals surface area contributed by atoms with E-state index >= 15 is 0 Å². The summed E-state index contributed by atoms with van der Waals surface area (Å²) in [5.41, 5.74) is 1.16. The van der Waals surface area contributed by atoms with Crippen molar-refractivity contribution in [3.05, 3.63) is 53.6 Å². The third-order valence-corrected chi connectivity index (χ3v) is 5.07. The molecule has 2 aromatic carbocycles. The van der Waals surface area contributed by atoms with Crippen LogP contribution >= 0.6 is 0 Å². The molecule has 1 amide bonds. The minimum absolute atomic E-state index is 0.0791. The van der Waals surface area contributed by atoms with Crippen molar-refractivity contribution in [1.29, 1.82) is 0 Å². The SMILES string of the molecule is COCC1CCN(C(=O)c2ccc3oc(-c4ccc(C(F)(F)F)cc4)nc3c2)C1. The van der Waals surface area contributed by atoms with Gasteiger partial charge in [0.1, 0.15) is 5.52 Å². The summed E-state index contributed by atoms with van der Waals surface area (Å²) in [5, 5.41) is 0. The summed E-state index contributed by atoms with van der Waals surface area (Å²) < 4.78 is 49.0. The number of nitrogens with zero attached hydrogens (tertiary/aromatic N) is 2. The molecule has 0 saturated carbocycles. The zero-order chi connectivity index (χ0) is 20.6. The second-order valence-electron chi connectivity index (χ2n) is 7.14. The molecule has 4 rings (SSSR count). The topological polar surface area (TPSA) is 55.6 Å². The van der Waals surface area contributed by atoms with Crippen molar-refractivity contribution in [1.82, 2.24) is 9.88 Å². The fourth-order valence-electron chi connectivity index (χ4n) is 3.56. The van der Waals surface area contributed by atoms with Gasteiger partial charge in [-0.2, -0.15) is 13.2 Å². The number of likely N-dealkylation sites (tertiary alicyclic amines) is 1. The number of carbonyl (C=O) groups is 1. The van der Waals surface area contributed by atoms with Crippen LogP contribution in [-0.2, 0) is 10.9 Å². The average molecular weight is 404 g/mol. The number of halogens is 3. The van der Waals surface area contributed by atoms with Gasteiger partial charge in [-0.15, -0.1) is 0 Å². The van der Waals surface area contributed by atoms with Crippen LogP contribution in [0.5, 0.6) is 0 Å². The lowest BCUT2D eigenvalue weighted by molar-refractivity contribution is -0.137. The third kappa shape index (κ3) is 3.98. The molecule has 2 heterocycles. The molecule has 0 radical (unpaired) electrons. The molecule has 1 aromatic heterocycles. The van der Waals surface area contributed by atoms with Gasteiger partial charge in [0.2, 0.25) is 5.89 Å². The van der Waals surface area contributed by atoms with Gasteiger partial charge < -0.3 is 14.1 Å². The monoisotopic (exact) mass is 404 g/mol. The van der Waals surface area contributed by atoms with Gasteiger partial charge in [-0.1, -0.05) is 0 Å². The number of oxazole rings is 1. The number of amides is 1. The fraction of sp³-hybridized carbons (Fsp3) is 0.333. The van der Waals surface area contributed by atoms with Crippen molar-refractivity contribution in [2.45, 2.75) is 12.6 Å². The van der Waals surface area contributed by atoms with E-state index in [1.165, 1.54) is 12.1 Å². The number of aromatic nitrogens is 1. The summed E-state index contributed by atoms with van der Waals surface area (Å²) in [6.45, 7) is 1.96. The van der Waals surface area contributed by atoms with Crippen LogP contribution in [0.4, 0.5) is 13.2 Å². The lowest BCUT2D eigenvalue weighted by Crippen LogP contribution is -2.29. The number of hydrogen-bond donors (Lipinski definition) is 0. The number of alkyl halides is 3. The largest absolute Gasteiger partial charge is 0.436 e. The highest BCUT2D eigenvalue weighted by atomic mass is 19.4. The number of benzene rings is 2. The molecule has 1 saturated heterocycles. The third-order valence-electron chi connectivity index (χ3n) is 5.07. The van der Waals surface area contributed by atoms with E-state index in [0.717, 1.165) is 18.6 Å². The van der Waals surface area contributed by atoms with Crippen LogP contribution in [0.15, 0.2) is 46.9 Å². The van der Waals surface area contributed by atoms with Crippen LogP contribution < -0.4 is 0 Å². The van der Waals surface area contributed by atoms with E-state index in [1.807, 2.05) is 0 Å². The fourth-order valence-corrected chi connectivity index (χ4v) is 3.56. The molecule has 5 nitrogen and oxygen atoms in total. The van der Waals surface area contributed by atoms with Gasteiger partial charge in [0, 0.05) is 37.2 Å². The highest BCUT2D eigenvalue weighted by Gasteiger charge is 2.30. The van der Waals surface area contributed by atoms with Crippen molar-refractivity contribution in [2.24, 2.45) is 5.92 Å². The maximum atomic E-state index is 12.8. The summed E-state index contributed by atoms with van der Waals surface area (Å²) in [5.74, 6) is 0.468. The van der Waals surface area contributed by atoms with E-state index < -0.39 is 11.7 Å². The molecule has 29 heavy (non-hydrogen) atoms. The molecule has 1 unspecified atom stereocenters. The Morgan fingerprint density at radius 3 is 2.69 bits per heavy atom. The molecule has 8 heteroatoms. The Morgan fingerprint density at radius 1 is 1.24 bits per heavy atom. The molecule has 1 atom stereocenters. The van der Waals surface area contributed by atoms with Gasteiger partial charge in [-0.25, -0.2) is 4.98 Å². The molecule has 1 aliphatic heterocycles. The maximum absolute atomic E-state index is 12.8. The molecule has 0 aliphatic carbocycles. The van der Waals surface area contributed by atoms with Gasteiger partial charge in [-0.3, -0.25) is 4.79 Å². The van der Waals surface area contributed by atoms with E-state index in [1.54, 1.807) is 30.2 Å². The summed E-state index contributed by atoms with van der Waals surface area (Å²) in [6, 6.07) is 9.60.